The van der Waals surface area contributed by atoms with Gasteiger partial charge in [0.2, 0.25) is 0 Å². The molecule has 20 heavy (non-hydrogen) atoms. The highest BCUT2D eigenvalue weighted by molar-refractivity contribution is 5.89. The number of ether oxygens (including phenoxy) is 1. The van der Waals surface area contributed by atoms with Crippen molar-refractivity contribution < 1.29 is 9.84 Å². The number of methoxy groups -OCH3 is 1. The van der Waals surface area contributed by atoms with E-state index in [-0.39, 0.29) is 5.75 Å². The van der Waals surface area contributed by atoms with Crippen LogP contribution in [0.15, 0.2) is 35.0 Å². The van der Waals surface area contributed by atoms with Crippen LogP contribution in [0.25, 0.3) is 5.57 Å². The fourth-order valence-electron chi connectivity index (χ4n) is 2.12. The van der Waals surface area contributed by atoms with Crippen LogP contribution < -0.4 is 10.1 Å². The van der Waals surface area contributed by atoms with Crippen LogP contribution in [0.5, 0.6) is 11.5 Å². The highest BCUT2D eigenvalue weighted by Gasteiger charge is 2.21. The number of nitrogens with zero attached hydrogens (tertiary/aromatic N) is 2. The summed E-state index contributed by atoms with van der Waals surface area (Å²) in [5, 5.41) is 31.2. The zero-order valence-electron chi connectivity index (χ0n) is 11.2. The Morgan fingerprint density at radius 1 is 1.30 bits per heavy atom. The molecule has 1 aliphatic heterocycles. The van der Waals surface area contributed by atoms with Crippen molar-refractivity contribution in [3.63, 3.8) is 0 Å². The van der Waals surface area contributed by atoms with E-state index in [1.54, 1.807) is 19.1 Å². The minimum atomic E-state index is 0.0171. The number of nitriles is 2. The lowest BCUT2D eigenvalue weighted by Crippen LogP contribution is -2.22. The second kappa shape index (κ2) is 5.38. The second-order valence-electron chi connectivity index (χ2n) is 4.32. The normalized spacial score (nSPS) is 14.4. The molecule has 5 heteroatoms. The third-order valence-electron chi connectivity index (χ3n) is 3.17. The van der Waals surface area contributed by atoms with Gasteiger partial charge in [-0.15, -0.1) is 0 Å². The molecule has 0 aliphatic carbocycles. The van der Waals surface area contributed by atoms with Gasteiger partial charge in [0.1, 0.15) is 6.07 Å². The molecule has 0 amide bonds. The molecule has 2 rings (SSSR count). The molecule has 0 fully saturated rings. The van der Waals surface area contributed by atoms with Gasteiger partial charge in [-0.2, -0.15) is 10.5 Å². The first-order valence-electron chi connectivity index (χ1n) is 5.98. The molecular weight excluding hydrogens is 254 g/mol. The zero-order chi connectivity index (χ0) is 14.7. The van der Waals surface area contributed by atoms with Crippen LogP contribution in [0.3, 0.4) is 0 Å². The molecule has 100 valence electrons. The van der Waals surface area contributed by atoms with Gasteiger partial charge in [0.15, 0.2) is 11.5 Å². The molecule has 2 N–H and O–H groups in total. The van der Waals surface area contributed by atoms with Crippen molar-refractivity contribution in [2.24, 2.45) is 0 Å². The summed E-state index contributed by atoms with van der Waals surface area (Å²) in [5.74, 6) is 0.323. The first-order valence-corrected chi connectivity index (χ1v) is 5.98. The largest absolute Gasteiger partial charge is 0.504 e. The average Bonchev–Trinajstić information content (AvgIpc) is 2.47. The molecule has 1 aliphatic rings. The van der Waals surface area contributed by atoms with E-state index in [4.69, 9.17) is 4.74 Å². The molecule has 0 spiro atoms. The van der Waals surface area contributed by atoms with Gasteiger partial charge in [-0.1, -0.05) is 6.07 Å². The van der Waals surface area contributed by atoms with Crippen molar-refractivity contribution in [3.8, 4) is 23.6 Å². The van der Waals surface area contributed by atoms with Crippen LogP contribution in [0.2, 0.25) is 0 Å². The zero-order valence-corrected chi connectivity index (χ0v) is 11.2. The molecule has 0 saturated carbocycles. The summed E-state index contributed by atoms with van der Waals surface area (Å²) in [5.41, 5.74) is 2.91. The summed E-state index contributed by atoms with van der Waals surface area (Å²) >= 11 is 0. The van der Waals surface area contributed by atoms with E-state index in [0.29, 0.717) is 34.6 Å². The number of hydrogen-bond donors (Lipinski definition) is 2. The molecule has 0 atom stereocenters. The SMILES string of the molecule is COc1cc(C2=C(C#N)CNC(C)=C2C#N)ccc1O. The summed E-state index contributed by atoms with van der Waals surface area (Å²) in [7, 11) is 1.45. The quantitative estimate of drug-likeness (QED) is 0.856. The van der Waals surface area contributed by atoms with Crippen molar-refractivity contribution >= 4 is 5.57 Å². The molecular formula is C15H13N3O2. The maximum absolute atomic E-state index is 9.64. The molecule has 0 aromatic heterocycles. The Kier molecular flexibility index (Phi) is 3.63. The van der Waals surface area contributed by atoms with Crippen molar-refractivity contribution in [2.45, 2.75) is 6.92 Å². The lowest BCUT2D eigenvalue weighted by atomic mass is 9.90. The van der Waals surface area contributed by atoms with Gasteiger partial charge in [-0.05, 0) is 24.6 Å². The fourth-order valence-corrected chi connectivity index (χ4v) is 2.12. The van der Waals surface area contributed by atoms with Crippen LogP contribution in [0.4, 0.5) is 0 Å². The van der Waals surface area contributed by atoms with Crippen LogP contribution in [-0.2, 0) is 0 Å². The van der Waals surface area contributed by atoms with Crippen LogP contribution in [0, 0.1) is 22.7 Å². The number of nitrogens with one attached hydrogen (secondary N) is 1. The number of rotatable bonds is 2. The molecule has 0 unspecified atom stereocenters. The Morgan fingerprint density at radius 2 is 2.05 bits per heavy atom. The van der Waals surface area contributed by atoms with Gasteiger partial charge >= 0.3 is 0 Å². The van der Waals surface area contributed by atoms with E-state index < -0.39 is 0 Å². The van der Waals surface area contributed by atoms with Crippen LogP contribution in [-0.4, -0.2) is 18.8 Å². The van der Waals surface area contributed by atoms with E-state index >= 15 is 0 Å². The first kappa shape index (κ1) is 13.5. The molecule has 0 saturated heterocycles. The minimum Gasteiger partial charge on any atom is -0.504 e. The van der Waals surface area contributed by atoms with Gasteiger partial charge in [0, 0.05) is 11.3 Å². The van der Waals surface area contributed by atoms with Crippen LogP contribution >= 0.6 is 0 Å². The molecule has 1 aromatic carbocycles. The van der Waals surface area contributed by atoms with Gasteiger partial charge in [0.25, 0.3) is 0 Å². The van der Waals surface area contributed by atoms with Gasteiger partial charge in [-0.25, -0.2) is 0 Å². The summed E-state index contributed by atoms with van der Waals surface area (Å²) in [4.78, 5) is 0. The number of aromatic hydroxyl groups is 1. The number of hydrogen-bond acceptors (Lipinski definition) is 5. The number of phenols is 1. The fraction of sp³-hybridized carbons (Fsp3) is 0.200. The minimum absolute atomic E-state index is 0.0171. The molecule has 0 bridgehead atoms. The molecule has 1 heterocycles. The van der Waals surface area contributed by atoms with Crippen molar-refractivity contribution in [1.82, 2.24) is 5.32 Å². The number of allylic oxidation sites excluding steroid dienone is 3. The number of dihydropyridines is 1. The highest BCUT2D eigenvalue weighted by atomic mass is 16.5. The number of benzene rings is 1. The molecule has 0 radical (unpaired) electrons. The van der Waals surface area contributed by atoms with E-state index in [9.17, 15) is 15.6 Å². The number of phenolic OH excluding ortho intramolecular Hbond substituents is 1. The predicted octanol–water partition coefficient (Wildman–Crippen LogP) is 2.08. The lowest BCUT2D eigenvalue weighted by molar-refractivity contribution is 0.373. The summed E-state index contributed by atoms with van der Waals surface area (Å²) < 4.78 is 5.07. The third kappa shape index (κ3) is 2.17. The van der Waals surface area contributed by atoms with Crippen LogP contribution in [0.1, 0.15) is 12.5 Å². The van der Waals surface area contributed by atoms with E-state index in [1.807, 2.05) is 0 Å². The Balaban J connectivity index is 2.68. The first-order chi connectivity index (χ1) is 9.62. The summed E-state index contributed by atoms with van der Waals surface area (Å²) in [6, 6.07) is 9.02. The highest BCUT2D eigenvalue weighted by Crippen LogP contribution is 2.35. The monoisotopic (exact) mass is 267 g/mol. The Hall–Kier alpha value is -2.92. The Morgan fingerprint density at radius 3 is 2.65 bits per heavy atom. The van der Waals surface area contributed by atoms with Gasteiger partial charge in [0.05, 0.1) is 30.9 Å². The molecule has 5 nitrogen and oxygen atoms in total. The van der Waals surface area contributed by atoms with Crippen molar-refractivity contribution in [1.29, 1.82) is 10.5 Å². The maximum Gasteiger partial charge on any atom is 0.161 e. The lowest BCUT2D eigenvalue weighted by Gasteiger charge is -2.20. The Bertz CT molecular complexity index is 703. The summed E-state index contributed by atoms with van der Waals surface area (Å²) in [6.45, 7) is 2.18. The topological polar surface area (TPSA) is 89.1 Å². The van der Waals surface area contributed by atoms with Gasteiger partial charge < -0.3 is 15.2 Å². The predicted molar refractivity (Wildman–Crippen MR) is 73.5 cm³/mol. The van der Waals surface area contributed by atoms with E-state index in [1.165, 1.54) is 13.2 Å². The van der Waals surface area contributed by atoms with Gasteiger partial charge in [-0.3, -0.25) is 0 Å². The van der Waals surface area contributed by atoms with E-state index in [2.05, 4.69) is 17.5 Å². The third-order valence-corrected chi connectivity index (χ3v) is 3.17. The Labute approximate surface area is 117 Å². The maximum atomic E-state index is 9.64. The average molecular weight is 267 g/mol. The summed E-state index contributed by atoms with van der Waals surface area (Å²) in [6.07, 6.45) is 0. The van der Waals surface area contributed by atoms with E-state index in [0.717, 1.165) is 5.70 Å². The smallest absolute Gasteiger partial charge is 0.161 e. The molecule has 1 aromatic rings. The standard InChI is InChI=1S/C15H13N3O2/c1-9-12(7-17)15(11(6-16)8-18-9)10-3-4-13(19)14(5-10)20-2/h3-5,18-19H,8H2,1-2H3. The second-order valence-corrected chi connectivity index (χ2v) is 4.32. The van der Waals surface area contributed by atoms with Crippen molar-refractivity contribution in [2.75, 3.05) is 13.7 Å². The van der Waals surface area contributed by atoms with Crippen molar-refractivity contribution in [3.05, 3.63) is 40.6 Å².